The fourth-order valence-corrected chi connectivity index (χ4v) is 2.50. The zero-order valence-electron chi connectivity index (χ0n) is 12.0. The minimum Gasteiger partial charge on any atom is -0.326 e. The van der Waals surface area contributed by atoms with Gasteiger partial charge in [0.2, 0.25) is 11.8 Å². The first-order chi connectivity index (χ1) is 9.54. The Morgan fingerprint density at radius 2 is 1.95 bits per heavy atom. The number of piperidine rings is 1. The lowest BCUT2D eigenvalue weighted by atomic mass is 9.97. The lowest BCUT2D eigenvalue weighted by Gasteiger charge is -2.28. The first-order valence-electron chi connectivity index (χ1n) is 6.91. The summed E-state index contributed by atoms with van der Waals surface area (Å²) in [6.07, 6.45) is 1.99. The second-order valence-electron chi connectivity index (χ2n) is 5.35. The highest BCUT2D eigenvalue weighted by molar-refractivity contribution is 5.94. The first-order valence-corrected chi connectivity index (χ1v) is 6.91. The molecule has 0 spiro atoms. The normalized spacial score (nSPS) is 19.4. The Hall–Kier alpha value is -1.88. The molecule has 1 heterocycles. The highest BCUT2D eigenvalue weighted by Crippen LogP contribution is 2.19. The molecule has 0 radical (unpaired) electrons. The van der Waals surface area contributed by atoms with Crippen molar-refractivity contribution in [3.05, 3.63) is 24.3 Å². The molecule has 0 aliphatic carbocycles. The monoisotopic (exact) mass is 275 g/mol. The van der Waals surface area contributed by atoms with Crippen molar-refractivity contribution in [1.29, 1.82) is 0 Å². The van der Waals surface area contributed by atoms with E-state index in [0.29, 0.717) is 5.69 Å². The van der Waals surface area contributed by atoms with E-state index in [2.05, 4.69) is 15.5 Å². The summed E-state index contributed by atoms with van der Waals surface area (Å²) in [6, 6.07) is 7.21. The van der Waals surface area contributed by atoms with Crippen LogP contribution in [0.1, 0.15) is 19.8 Å². The minimum absolute atomic E-state index is 0.0400. The van der Waals surface area contributed by atoms with Crippen LogP contribution in [0.15, 0.2) is 24.3 Å². The molecule has 1 aromatic rings. The SMILES string of the molecule is CC(=O)Nc1cccc(NC(=O)C2CCCN(C)C2)c1. The van der Waals surface area contributed by atoms with Gasteiger partial charge < -0.3 is 15.5 Å². The van der Waals surface area contributed by atoms with E-state index < -0.39 is 0 Å². The predicted molar refractivity (Wildman–Crippen MR) is 79.6 cm³/mol. The molecule has 1 unspecified atom stereocenters. The van der Waals surface area contributed by atoms with E-state index in [1.807, 2.05) is 19.2 Å². The summed E-state index contributed by atoms with van der Waals surface area (Å²) in [5.74, 6) is -0.0305. The number of nitrogens with zero attached hydrogens (tertiary/aromatic N) is 1. The van der Waals surface area contributed by atoms with Crippen LogP contribution in [0, 0.1) is 5.92 Å². The van der Waals surface area contributed by atoms with E-state index in [0.717, 1.165) is 31.6 Å². The largest absolute Gasteiger partial charge is 0.326 e. The van der Waals surface area contributed by atoms with Crippen molar-refractivity contribution in [1.82, 2.24) is 4.90 Å². The predicted octanol–water partition coefficient (Wildman–Crippen LogP) is 1.93. The van der Waals surface area contributed by atoms with Gasteiger partial charge >= 0.3 is 0 Å². The summed E-state index contributed by atoms with van der Waals surface area (Å²) in [5, 5.41) is 5.64. The minimum atomic E-state index is -0.123. The molecule has 0 saturated carbocycles. The molecule has 1 atom stereocenters. The van der Waals surface area contributed by atoms with Crippen molar-refractivity contribution in [3.63, 3.8) is 0 Å². The molecular formula is C15H21N3O2. The van der Waals surface area contributed by atoms with Crippen molar-refractivity contribution >= 4 is 23.2 Å². The molecule has 1 aliphatic heterocycles. The maximum Gasteiger partial charge on any atom is 0.228 e. The topological polar surface area (TPSA) is 61.4 Å². The van der Waals surface area contributed by atoms with Gasteiger partial charge in [0.25, 0.3) is 0 Å². The molecule has 1 aliphatic rings. The van der Waals surface area contributed by atoms with Crippen LogP contribution in [0.5, 0.6) is 0 Å². The summed E-state index contributed by atoms with van der Waals surface area (Å²) in [7, 11) is 2.04. The van der Waals surface area contributed by atoms with Crippen molar-refractivity contribution in [3.8, 4) is 0 Å². The second kappa shape index (κ2) is 6.52. The van der Waals surface area contributed by atoms with E-state index >= 15 is 0 Å². The Morgan fingerprint density at radius 3 is 2.60 bits per heavy atom. The quantitative estimate of drug-likeness (QED) is 0.886. The summed E-state index contributed by atoms with van der Waals surface area (Å²) in [4.78, 5) is 25.4. The van der Waals surface area contributed by atoms with Crippen LogP contribution in [0.3, 0.4) is 0 Å². The van der Waals surface area contributed by atoms with Gasteiger partial charge in [0.05, 0.1) is 5.92 Å². The van der Waals surface area contributed by atoms with E-state index in [1.54, 1.807) is 12.1 Å². The van der Waals surface area contributed by atoms with Crippen LogP contribution in [-0.2, 0) is 9.59 Å². The first kappa shape index (κ1) is 14.5. The van der Waals surface area contributed by atoms with Crippen LogP contribution in [0.2, 0.25) is 0 Å². The van der Waals surface area contributed by atoms with Gasteiger partial charge in [-0.1, -0.05) is 6.07 Å². The Morgan fingerprint density at radius 1 is 1.25 bits per heavy atom. The highest BCUT2D eigenvalue weighted by atomic mass is 16.2. The fourth-order valence-electron chi connectivity index (χ4n) is 2.50. The third-order valence-electron chi connectivity index (χ3n) is 3.45. The van der Waals surface area contributed by atoms with Gasteiger partial charge in [-0.05, 0) is 44.6 Å². The van der Waals surface area contributed by atoms with E-state index in [1.165, 1.54) is 6.92 Å². The highest BCUT2D eigenvalue weighted by Gasteiger charge is 2.23. The molecule has 108 valence electrons. The number of anilines is 2. The number of carbonyl (C=O) groups excluding carboxylic acids is 2. The summed E-state index contributed by atoms with van der Waals surface area (Å²) in [5.41, 5.74) is 1.41. The van der Waals surface area contributed by atoms with E-state index in [-0.39, 0.29) is 17.7 Å². The molecule has 5 heteroatoms. The molecule has 2 N–H and O–H groups in total. The Balaban J connectivity index is 1.98. The lowest BCUT2D eigenvalue weighted by Crippen LogP contribution is -2.38. The van der Waals surface area contributed by atoms with Gasteiger partial charge in [-0.3, -0.25) is 9.59 Å². The van der Waals surface area contributed by atoms with Gasteiger partial charge in [-0.2, -0.15) is 0 Å². The van der Waals surface area contributed by atoms with Crippen LogP contribution >= 0.6 is 0 Å². The van der Waals surface area contributed by atoms with Crippen molar-refractivity contribution < 1.29 is 9.59 Å². The van der Waals surface area contributed by atoms with Gasteiger partial charge in [-0.15, -0.1) is 0 Å². The molecule has 2 rings (SSSR count). The average molecular weight is 275 g/mol. The maximum absolute atomic E-state index is 12.2. The van der Waals surface area contributed by atoms with Crippen LogP contribution < -0.4 is 10.6 Å². The summed E-state index contributed by atoms with van der Waals surface area (Å²) < 4.78 is 0. The fraction of sp³-hybridized carbons (Fsp3) is 0.467. The number of hydrogen-bond acceptors (Lipinski definition) is 3. The van der Waals surface area contributed by atoms with Gasteiger partial charge in [0.15, 0.2) is 0 Å². The van der Waals surface area contributed by atoms with Crippen LogP contribution in [-0.4, -0.2) is 36.9 Å². The molecule has 2 amide bonds. The number of amides is 2. The standard InChI is InChI=1S/C15H21N3O2/c1-11(19)16-13-6-3-7-14(9-13)17-15(20)12-5-4-8-18(2)10-12/h3,6-7,9,12H,4-5,8,10H2,1-2H3,(H,16,19)(H,17,20). The smallest absolute Gasteiger partial charge is 0.228 e. The van der Waals surface area contributed by atoms with Crippen molar-refractivity contribution in [2.24, 2.45) is 5.92 Å². The molecule has 1 aromatic carbocycles. The maximum atomic E-state index is 12.2. The number of benzene rings is 1. The number of hydrogen-bond donors (Lipinski definition) is 2. The van der Waals surface area contributed by atoms with Gasteiger partial charge in [0, 0.05) is 24.8 Å². The Bertz CT molecular complexity index is 502. The van der Waals surface area contributed by atoms with E-state index in [4.69, 9.17) is 0 Å². The molecule has 1 saturated heterocycles. The second-order valence-corrected chi connectivity index (χ2v) is 5.35. The lowest BCUT2D eigenvalue weighted by molar-refractivity contribution is -0.121. The van der Waals surface area contributed by atoms with Gasteiger partial charge in [-0.25, -0.2) is 0 Å². The third kappa shape index (κ3) is 4.06. The van der Waals surface area contributed by atoms with Crippen LogP contribution in [0.25, 0.3) is 0 Å². The molecule has 20 heavy (non-hydrogen) atoms. The summed E-state index contributed by atoms with van der Waals surface area (Å²) >= 11 is 0. The van der Waals surface area contributed by atoms with Gasteiger partial charge in [0.1, 0.15) is 0 Å². The Labute approximate surface area is 119 Å². The third-order valence-corrected chi connectivity index (χ3v) is 3.45. The molecule has 1 fully saturated rings. The molecule has 5 nitrogen and oxygen atoms in total. The van der Waals surface area contributed by atoms with Crippen LogP contribution in [0.4, 0.5) is 11.4 Å². The molecule has 0 bridgehead atoms. The number of rotatable bonds is 3. The molecular weight excluding hydrogens is 254 g/mol. The number of nitrogens with one attached hydrogen (secondary N) is 2. The average Bonchev–Trinajstić information content (AvgIpc) is 2.38. The summed E-state index contributed by atoms with van der Waals surface area (Å²) in [6.45, 7) is 3.32. The zero-order chi connectivity index (χ0) is 14.5. The van der Waals surface area contributed by atoms with Crippen molar-refractivity contribution in [2.75, 3.05) is 30.8 Å². The Kier molecular flexibility index (Phi) is 4.74. The number of carbonyl (C=O) groups is 2. The van der Waals surface area contributed by atoms with E-state index in [9.17, 15) is 9.59 Å². The number of likely N-dealkylation sites (tertiary alicyclic amines) is 1. The zero-order valence-corrected chi connectivity index (χ0v) is 12.0. The van der Waals surface area contributed by atoms with Crippen molar-refractivity contribution in [2.45, 2.75) is 19.8 Å². The molecule has 0 aromatic heterocycles.